The highest BCUT2D eigenvalue weighted by Gasteiger charge is 2.56. The summed E-state index contributed by atoms with van der Waals surface area (Å²) >= 11 is 0. The van der Waals surface area contributed by atoms with E-state index in [1.165, 1.54) is 0 Å². The Kier molecular flexibility index (Phi) is 10.5. The second kappa shape index (κ2) is 12.6. The van der Waals surface area contributed by atoms with Gasteiger partial charge < -0.3 is 0 Å². The minimum Gasteiger partial charge on any atom is -0.282 e. The predicted octanol–water partition coefficient (Wildman–Crippen LogP) is 1.32. The smallest absolute Gasteiger partial charge is 0.282 e. The first-order valence-electron chi connectivity index (χ1n) is 11.1. The monoisotopic (exact) mass is 720 g/mol. The highest BCUT2D eigenvalue weighted by molar-refractivity contribution is 7.91. The number of halogens is 6. The number of carbonyl (C=O) groups excluding carboxylic acids is 2. The van der Waals surface area contributed by atoms with Crippen molar-refractivity contribution in [2.45, 2.75) is 33.6 Å². The number of rotatable bonds is 10. The number of sulfonamides is 2. The SMILES string of the molecule is O=C(C(=O)N(CCc1ccc(S(=O)(=O)O)cc1)S(=O)(=O)C(F)(F)F)N(CCc1ccc(S(=O)(=O)O)cc1)S(=O)(=O)C(F)(F)F. The molecule has 246 valence electrons. The predicted molar refractivity (Wildman–Crippen MR) is 133 cm³/mol. The number of nitrogens with zero attached hydrogens (tertiary/aromatic N) is 2. The molecule has 0 aromatic heterocycles. The molecule has 0 atom stereocenters. The maximum absolute atomic E-state index is 13.4. The molecule has 0 unspecified atom stereocenters. The van der Waals surface area contributed by atoms with Crippen LogP contribution in [0.2, 0.25) is 0 Å². The van der Waals surface area contributed by atoms with Gasteiger partial charge in [-0.05, 0) is 48.2 Å². The number of hydrogen-bond donors (Lipinski definition) is 2. The van der Waals surface area contributed by atoms with Crippen LogP contribution in [0, 0.1) is 0 Å². The van der Waals surface area contributed by atoms with Crippen molar-refractivity contribution in [3.63, 3.8) is 0 Å². The van der Waals surface area contributed by atoms with Gasteiger partial charge in [0.1, 0.15) is 0 Å². The van der Waals surface area contributed by atoms with Gasteiger partial charge in [0.15, 0.2) is 0 Å². The van der Waals surface area contributed by atoms with Crippen LogP contribution in [0.15, 0.2) is 58.3 Å². The lowest BCUT2D eigenvalue weighted by atomic mass is 10.1. The van der Waals surface area contributed by atoms with E-state index in [1.807, 2.05) is 0 Å². The second-order valence-electron chi connectivity index (χ2n) is 8.39. The summed E-state index contributed by atoms with van der Waals surface area (Å²) in [6.45, 7) is -3.21. The summed E-state index contributed by atoms with van der Waals surface area (Å²) in [6.07, 6.45) is -1.82. The largest absolute Gasteiger partial charge is 0.516 e. The maximum atomic E-state index is 13.4. The van der Waals surface area contributed by atoms with Crippen molar-refractivity contribution >= 4 is 52.1 Å². The van der Waals surface area contributed by atoms with E-state index >= 15 is 0 Å². The van der Waals surface area contributed by atoms with E-state index in [4.69, 9.17) is 9.11 Å². The Morgan fingerprint density at radius 3 is 1.00 bits per heavy atom. The summed E-state index contributed by atoms with van der Waals surface area (Å²) < 4.78 is 189. The van der Waals surface area contributed by atoms with Crippen molar-refractivity contribution in [1.82, 2.24) is 8.61 Å². The molecule has 0 saturated heterocycles. The highest BCUT2D eigenvalue weighted by Crippen LogP contribution is 2.30. The molecular formula is C20H18F6N2O12S4. The second-order valence-corrected chi connectivity index (χ2v) is 14.9. The summed E-state index contributed by atoms with van der Waals surface area (Å²) in [5.41, 5.74) is -13.0. The lowest BCUT2D eigenvalue weighted by molar-refractivity contribution is -0.147. The number of benzene rings is 2. The minimum absolute atomic E-state index is 0.201. The lowest BCUT2D eigenvalue weighted by Gasteiger charge is -2.27. The molecule has 0 heterocycles. The van der Waals surface area contributed by atoms with Gasteiger partial charge in [0, 0.05) is 13.1 Å². The zero-order valence-corrected chi connectivity index (χ0v) is 24.5. The van der Waals surface area contributed by atoms with Gasteiger partial charge in [0.05, 0.1) is 9.79 Å². The van der Waals surface area contributed by atoms with E-state index in [0.717, 1.165) is 48.5 Å². The topological polar surface area (TPSA) is 218 Å². The number of carbonyl (C=O) groups is 2. The van der Waals surface area contributed by atoms with Crippen molar-refractivity contribution in [3.05, 3.63) is 59.7 Å². The van der Waals surface area contributed by atoms with Gasteiger partial charge in [0.25, 0.3) is 20.2 Å². The first-order valence-corrected chi connectivity index (χ1v) is 16.9. The fourth-order valence-corrected chi connectivity index (χ4v) is 5.96. The molecule has 14 nitrogen and oxygen atoms in total. The standard InChI is InChI=1S/C20H18F6N2O12S4/c21-19(22,23)43(37,38)27(11-9-13-1-5-15(6-2-13)41(31,32)33)17(29)18(30)28(44(39,40)20(24,25)26)12-10-14-3-7-16(8-4-14)42(34,35)36/h1-8H,9-12H2,(H,31,32,33)(H,34,35,36). The summed E-state index contributed by atoms with van der Waals surface area (Å²) in [5, 5.41) is 0. The Hall–Kier alpha value is -3.32. The van der Waals surface area contributed by atoms with Crippen LogP contribution in [0.5, 0.6) is 0 Å². The van der Waals surface area contributed by atoms with E-state index in [-0.39, 0.29) is 11.1 Å². The van der Waals surface area contributed by atoms with Crippen molar-refractivity contribution < 1.29 is 78.7 Å². The van der Waals surface area contributed by atoms with Gasteiger partial charge in [-0.15, -0.1) is 0 Å². The van der Waals surface area contributed by atoms with Crippen LogP contribution in [0.4, 0.5) is 26.3 Å². The third kappa shape index (κ3) is 8.44. The number of hydrogen-bond acceptors (Lipinski definition) is 10. The first-order chi connectivity index (χ1) is 19.7. The van der Waals surface area contributed by atoms with Crippen molar-refractivity contribution in [1.29, 1.82) is 0 Å². The van der Waals surface area contributed by atoms with Crippen LogP contribution < -0.4 is 0 Å². The molecule has 0 radical (unpaired) electrons. The summed E-state index contributed by atoms with van der Waals surface area (Å²) in [6, 6.07) is 6.29. The fraction of sp³-hybridized carbons (Fsp3) is 0.300. The Balaban J connectivity index is 2.50. The molecule has 2 aromatic rings. The van der Waals surface area contributed by atoms with Crippen LogP contribution >= 0.6 is 0 Å². The first kappa shape index (κ1) is 36.9. The molecule has 2 N–H and O–H groups in total. The quantitative estimate of drug-likeness (QED) is 0.202. The Morgan fingerprint density at radius 2 is 0.795 bits per heavy atom. The summed E-state index contributed by atoms with van der Waals surface area (Å²) in [7, 11) is -23.2. The van der Waals surface area contributed by atoms with Crippen LogP contribution in [-0.2, 0) is 62.7 Å². The third-order valence-electron chi connectivity index (χ3n) is 5.45. The third-order valence-corrected chi connectivity index (χ3v) is 10.2. The zero-order valence-electron chi connectivity index (χ0n) is 21.2. The van der Waals surface area contributed by atoms with E-state index in [0.29, 0.717) is 0 Å². The molecule has 0 saturated carbocycles. The molecule has 24 heteroatoms. The molecule has 0 aliphatic rings. The Morgan fingerprint density at radius 1 is 0.545 bits per heavy atom. The fourth-order valence-electron chi connectivity index (χ4n) is 3.24. The normalized spacial score (nSPS) is 13.4. The average molecular weight is 721 g/mol. The molecule has 44 heavy (non-hydrogen) atoms. The number of amides is 2. The zero-order chi connectivity index (χ0) is 34.1. The van der Waals surface area contributed by atoms with Gasteiger partial charge in [0.2, 0.25) is 0 Å². The van der Waals surface area contributed by atoms with Crippen LogP contribution in [0.1, 0.15) is 11.1 Å². The summed E-state index contributed by atoms with van der Waals surface area (Å²) in [4.78, 5) is 24.1. The van der Waals surface area contributed by atoms with Gasteiger partial charge in [-0.25, -0.2) is 8.61 Å². The van der Waals surface area contributed by atoms with Gasteiger partial charge in [-0.3, -0.25) is 18.7 Å². The molecule has 0 aliphatic carbocycles. The lowest BCUT2D eigenvalue weighted by Crippen LogP contribution is -2.55. The Labute approximate surface area is 245 Å². The van der Waals surface area contributed by atoms with E-state index in [1.54, 1.807) is 0 Å². The van der Waals surface area contributed by atoms with Crippen molar-refractivity contribution in [3.8, 4) is 0 Å². The maximum Gasteiger partial charge on any atom is 0.516 e. The molecular weight excluding hydrogens is 702 g/mol. The van der Waals surface area contributed by atoms with E-state index in [2.05, 4.69) is 0 Å². The Bertz CT molecular complexity index is 1700. The van der Waals surface area contributed by atoms with Crippen LogP contribution in [0.25, 0.3) is 0 Å². The van der Waals surface area contributed by atoms with Crippen LogP contribution in [0.3, 0.4) is 0 Å². The molecule has 0 aliphatic heterocycles. The van der Waals surface area contributed by atoms with Crippen molar-refractivity contribution in [2.24, 2.45) is 0 Å². The average Bonchev–Trinajstić information content (AvgIpc) is 2.86. The molecule has 2 amide bonds. The molecule has 2 aromatic carbocycles. The summed E-state index contributed by atoms with van der Waals surface area (Å²) in [5.74, 6) is -5.71. The van der Waals surface area contributed by atoms with Crippen LogP contribution in [-0.4, -0.2) is 87.3 Å². The highest BCUT2D eigenvalue weighted by atomic mass is 32.2. The minimum atomic E-state index is -6.84. The van der Waals surface area contributed by atoms with E-state index < -0.39 is 107 Å². The molecule has 0 fully saturated rings. The molecule has 2 rings (SSSR count). The van der Waals surface area contributed by atoms with Gasteiger partial charge in [-0.1, -0.05) is 24.3 Å². The number of alkyl halides is 6. The van der Waals surface area contributed by atoms with Gasteiger partial charge in [-0.2, -0.15) is 60.0 Å². The van der Waals surface area contributed by atoms with E-state index in [9.17, 15) is 69.6 Å². The molecule has 0 bridgehead atoms. The molecule has 0 spiro atoms. The van der Waals surface area contributed by atoms with Crippen molar-refractivity contribution in [2.75, 3.05) is 13.1 Å². The van der Waals surface area contributed by atoms with Gasteiger partial charge >= 0.3 is 42.9 Å².